The van der Waals surface area contributed by atoms with E-state index in [1.165, 1.54) is 27.8 Å². The SMILES string of the molecule is Cc1cc(-c2cc(-c3cc(C)c(-c4ccc5oc6ccccc6c5c4)cc3C)nc(-c3cc(C)c(-c4ccc5oc6ccccc6c5c4)cc3C)n2)c(C)cc1-c1ccc2oc3ccccc3c2c1. The quantitative estimate of drug-likeness (QED) is 0.166. The normalized spacial score (nSPS) is 11.9. The molecule has 13 aromatic rings. The highest BCUT2D eigenvalue weighted by atomic mass is 16.3. The Balaban J connectivity index is 0.948. The molecule has 5 nitrogen and oxygen atoms in total. The molecule has 69 heavy (non-hydrogen) atoms. The van der Waals surface area contributed by atoms with Crippen molar-refractivity contribution in [2.24, 2.45) is 0 Å². The van der Waals surface area contributed by atoms with Crippen LogP contribution in [0.1, 0.15) is 33.4 Å². The van der Waals surface area contributed by atoms with Gasteiger partial charge in [0.1, 0.15) is 33.5 Å². The van der Waals surface area contributed by atoms with E-state index >= 15 is 0 Å². The Labute approximate surface area is 399 Å². The molecule has 0 bridgehead atoms. The van der Waals surface area contributed by atoms with Gasteiger partial charge in [-0.1, -0.05) is 91.0 Å². The van der Waals surface area contributed by atoms with E-state index in [9.17, 15) is 0 Å². The predicted molar refractivity (Wildman–Crippen MR) is 285 cm³/mol. The highest BCUT2D eigenvalue weighted by Crippen LogP contribution is 2.41. The molecule has 0 atom stereocenters. The Morgan fingerprint density at radius 2 is 0.551 bits per heavy atom. The summed E-state index contributed by atoms with van der Waals surface area (Å²) < 4.78 is 18.6. The zero-order valence-corrected chi connectivity index (χ0v) is 39.3. The van der Waals surface area contributed by atoms with Gasteiger partial charge in [0.2, 0.25) is 0 Å². The fourth-order valence-corrected chi connectivity index (χ4v) is 10.7. The monoisotopic (exact) mass is 890 g/mol. The third-order valence-corrected chi connectivity index (χ3v) is 14.3. The van der Waals surface area contributed by atoms with Gasteiger partial charge in [-0.3, -0.25) is 0 Å². The van der Waals surface area contributed by atoms with Crippen molar-refractivity contribution >= 4 is 65.8 Å². The van der Waals surface area contributed by atoms with Crippen molar-refractivity contribution in [3.05, 3.63) is 203 Å². The first kappa shape index (κ1) is 40.7. The Bertz CT molecular complexity index is 3830. The molecule has 330 valence electrons. The molecule has 0 spiro atoms. The molecule has 0 unspecified atom stereocenters. The lowest BCUT2D eigenvalue weighted by atomic mass is 9.91. The number of rotatable bonds is 6. The van der Waals surface area contributed by atoms with Crippen LogP contribution in [0, 0.1) is 41.5 Å². The maximum atomic E-state index is 6.19. The first-order valence-electron chi connectivity index (χ1n) is 23.6. The van der Waals surface area contributed by atoms with Gasteiger partial charge in [0.05, 0.1) is 11.4 Å². The van der Waals surface area contributed by atoms with Gasteiger partial charge in [-0.2, -0.15) is 0 Å². The van der Waals surface area contributed by atoms with Crippen LogP contribution in [-0.2, 0) is 0 Å². The van der Waals surface area contributed by atoms with Crippen LogP contribution in [0.3, 0.4) is 0 Å². The molecule has 0 radical (unpaired) electrons. The molecule has 0 aliphatic heterocycles. The van der Waals surface area contributed by atoms with E-state index in [0.29, 0.717) is 5.82 Å². The first-order valence-corrected chi connectivity index (χ1v) is 23.6. The van der Waals surface area contributed by atoms with Crippen LogP contribution in [0.25, 0.3) is 133 Å². The van der Waals surface area contributed by atoms with Crippen LogP contribution in [-0.4, -0.2) is 9.97 Å². The average molecular weight is 891 g/mol. The van der Waals surface area contributed by atoms with Gasteiger partial charge in [-0.15, -0.1) is 0 Å². The topological polar surface area (TPSA) is 65.2 Å². The molecule has 0 aliphatic rings. The summed E-state index contributed by atoms with van der Waals surface area (Å²) in [6, 6.07) is 60.3. The number of fused-ring (bicyclic) bond motifs is 9. The molecule has 0 amide bonds. The van der Waals surface area contributed by atoms with Crippen LogP contribution in [0.4, 0.5) is 0 Å². The zero-order chi connectivity index (χ0) is 46.7. The van der Waals surface area contributed by atoms with Crippen molar-refractivity contribution in [3.8, 4) is 67.3 Å². The predicted octanol–water partition coefficient (Wildman–Crippen LogP) is 18.0. The van der Waals surface area contributed by atoms with Crippen LogP contribution < -0.4 is 0 Å². The largest absolute Gasteiger partial charge is 0.456 e. The van der Waals surface area contributed by atoms with Crippen molar-refractivity contribution in [2.75, 3.05) is 0 Å². The fourth-order valence-electron chi connectivity index (χ4n) is 10.7. The second-order valence-corrected chi connectivity index (χ2v) is 18.8. The van der Waals surface area contributed by atoms with E-state index in [-0.39, 0.29) is 0 Å². The molecular formula is C64H46N2O3. The van der Waals surface area contributed by atoms with E-state index in [4.69, 9.17) is 23.2 Å². The van der Waals surface area contributed by atoms with Crippen LogP contribution in [0.5, 0.6) is 0 Å². The van der Waals surface area contributed by atoms with E-state index in [1.54, 1.807) is 0 Å². The van der Waals surface area contributed by atoms with Gasteiger partial charge in [-0.05, 0) is 187 Å². The van der Waals surface area contributed by atoms with Gasteiger partial charge in [0.15, 0.2) is 5.82 Å². The van der Waals surface area contributed by atoms with Crippen molar-refractivity contribution in [1.82, 2.24) is 9.97 Å². The highest BCUT2D eigenvalue weighted by Gasteiger charge is 2.20. The number of hydrogen-bond acceptors (Lipinski definition) is 5. The number of nitrogens with zero attached hydrogens (tertiary/aromatic N) is 2. The number of benzene rings is 9. The molecule has 5 heteroatoms. The van der Waals surface area contributed by atoms with Crippen molar-refractivity contribution < 1.29 is 13.3 Å². The van der Waals surface area contributed by atoms with E-state index in [2.05, 4.69) is 175 Å². The van der Waals surface area contributed by atoms with Crippen LogP contribution in [0.15, 0.2) is 183 Å². The molecule has 4 heterocycles. The summed E-state index contributed by atoms with van der Waals surface area (Å²) in [6.07, 6.45) is 0. The standard InChI is InChI=1S/C64H46N2O3/c1-35-28-50(38(4)25-47(35)41-19-22-61-53(31-41)44-13-7-10-16-58(44)67-61)56-34-57(51-29-36(2)48(26-39(51)5)42-20-23-62-54(32-42)45-14-8-11-17-59(45)68-62)66-64(65-56)52-30-37(3)49(27-40(52)6)43-21-24-63-55(33-43)46-15-9-12-18-60(46)69-63/h7-34H,1-6H3. The minimum Gasteiger partial charge on any atom is -0.456 e. The summed E-state index contributed by atoms with van der Waals surface area (Å²) >= 11 is 0. The second kappa shape index (κ2) is 15.5. The minimum absolute atomic E-state index is 0.697. The maximum absolute atomic E-state index is 6.19. The molecule has 4 aromatic heterocycles. The smallest absolute Gasteiger partial charge is 0.160 e. The molecule has 13 rings (SSSR count). The average Bonchev–Trinajstić information content (AvgIpc) is 4.06. The third kappa shape index (κ3) is 6.68. The number of aromatic nitrogens is 2. The fraction of sp³-hybridized carbons (Fsp3) is 0.0938. The van der Waals surface area contributed by atoms with Gasteiger partial charge in [0, 0.05) is 49.0 Å². The summed E-state index contributed by atoms with van der Waals surface area (Å²) in [5.74, 6) is 0.697. The Morgan fingerprint density at radius 3 is 0.928 bits per heavy atom. The third-order valence-electron chi connectivity index (χ3n) is 14.3. The summed E-state index contributed by atoms with van der Waals surface area (Å²) in [6.45, 7) is 13.1. The van der Waals surface area contributed by atoms with E-state index in [1.807, 2.05) is 36.4 Å². The summed E-state index contributed by atoms with van der Waals surface area (Å²) in [4.78, 5) is 10.9. The van der Waals surface area contributed by atoms with Gasteiger partial charge < -0.3 is 13.3 Å². The molecule has 0 saturated carbocycles. The molecule has 0 aliphatic carbocycles. The van der Waals surface area contributed by atoms with Crippen molar-refractivity contribution in [1.29, 1.82) is 0 Å². The number of hydrogen-bond donors (Lipinski definition) is 0. The lowest BCUT2D eigenvalue weighted by molar-refractivity contribution is 0.668. The van der Waals surface area contributed by atoms with Crippen molar-refractivity contribution in [3.63, 3.8) is 0 Å². The summed E-state index contributed by atoms with van der Waals surface area (Å²) in [5.41, 5.74) is 24.2. The number of furan rings is 3. The van der Waals surface area contributed by atoms with Gasteiger partial charge in [0.25, 0.3) is 0 Å². The molecule has 0 saturated heterocycles. The number of aryl methyl sites for hydroxylation is 6. The Morgan fingerprint density at radius 1 is 0.261 bits per heavy atom. The summed E-state index contributed by atoms with van der Waals surface area (Å²) in [7, 11) is 0. The maximum Gasteiger partial charge on any atom is 0.160 e. The minimum atomic E-state index is 0.697. The van der Waals surface area contributed by atoms with Gasteiger partial charge >= 0.3 is 0 Å². The Kier molecular flexibility index (Phi) is 9.15. The van der Waals surface area contributed by atoms with Crippen LogP contribution >= 0.6 is 0 Å². The molecule has 0 N–H and O–H groups in total. The van der Waals surface area contributed by atoms with Crippen molar-refractivity contribution in [2.45, 2.75) is 41.5 Å². The van der Waals surface area contributed by atoms with E-state index in [0.717, 1.165) is 133 Å². The lowest BCUT2D eigenvalue weighted by Crippen LogP contribution is -2.01. The highest BCUT2D eigenvalue weighted by molar-refractivity contribution is 6.08. The molecule has 0 fully saturated rings. The van der Waals surface area contributed by atoms with Gasteiger partial charge in [-0.25, -0.2) is 9.97 Å². The summed E-state index contributed by atoms with van der Waals surface area (Å²) in [5, 5.41) is 6.72. The van der Waals surface area contributed by atoms with E-state index < -0.39 is 0 Å². The second-order valence-electron chi connectivity index (χ2n) is 18.8. The lowest BCUT2D eigenvalue weighted by Gasteiger charge is -2.18. The molecular weight excluding hydrogens is 845 g/mol. The Hall–Kier alpha value is -8.54. The first-order chi connectivity index (χ1) is 33.6. The number of para-hydroxylation sites is 3. The molecule has 9 aromatic carbocycles. The zero-order valence-electron chi connectivity index (χ0n) is 39.3. The van der Waals surface area contributed by atoms with Crippen LogP contribution in [0.2, 0.25) is 0 Å².